The average molecular weight is 406 g/mol. The van der Waals surface area contributed by atoms with Crippen LogP contribution in [-0.4, -0.2) is 39.2 Å². The summed E-state index contributed by atoms with van der Waals surface area (Å²) in [5.74, 6) is 1.80. The molecule has 0 bridgehead atoms. The highest BCUT2D eigenvalue weighted by Gasteiger charge is 2.23. The Balaban J connectivity index is 1.43. The highest BCUT2D eigenvalue weighted by Crippen LogP contribution is 2.29. The number of fused-ring (bicyclic) bond motifs is 1. The molecular weight excluding hydrogens is 378 g/mol. The SMILES string of the molecule is Cc1nc(NCc2ccc(-c3cnn(CC(C)C)c3)cc2)nc2c1NC(=O)CN2C. The van der Waals surface area contributed by atoms with Crippen LogP contribution in [0.4, 0.5) is 17.5 Å². The molecule has 30 heavy (non-hydrogen) atoms. The number of aromatic nitrogens is 4. The van der Waals surface area contributed by atoms with Crippen LogP contribution in [0.15, 0.2) is 36.7 Å². The third-order valence-corrected chi connectivity index (χ3v) is 5.00. The number of carbonyl (C=O) groups is 1. The number of rotatable bonds is 6. The molecule has 1 aliphatic rings. The van der Waals surface area contributed by atoms with Gasteiger partial charge in [-0.3, -0.25) is 9.48 Å². The Hall–Kier alpha value is -3.42. The number of hydrogen-bond donors (Lipinski definition) is 2. The van der Waals surface area contributed by atoms with Gasteiger partial charge in [-0.2, -0.15) is 10.1 Å². The summed E-state index contributed by atoms with van der Waals surface area (Å²) in [5.41, 5.74) is 4.83. The van der Waals surface area contributed by atoms with Crippen molar-refractivity contribution in [1.29, 1.82) is 0 Å². The number of likely N-dealkylation sites (N-methyl/N-ethyl adjacent to an activating group) is 1. The third kappa shape index (κ3) is 4.27. The zero-order valence-electron chi connectivity index (χ0n) is 17.8. The molecule has 2 aromatic heterocycles. The lowest BCUT2D eigenvalue weighted by Crippen LogP contribution is -2.36. The summed E-state index contributed by atoms with van der Waals surface area (Å²) in [6.45, 7) is 8.07. The fraction of sp³-hybridized carbons (Fsp3) is 0.364. The maximum absolute atomic E-state index is 11.7. The largest absolute Gasteiger partial charge is 0.350 e. The number of nitrogens with one attached hydrogen (secondary N) is 2. The number of hydrogen-bond acceptors (Lipinski definition) is 6. The van der Waals surface area contributed by atoms with E-state index in [0.717, 1.165) is 34.7 Å². The fourth-order valence-electron chi connectivity index (χ4n) is 3.51. The summed E-state index contributed by atoms with van der Waals surface area (Å²) in [6, 6.07) is 8.41. The average Bonchev–Trinajstić information content (AvgIpc) is 3.15. The van der Waals surface area contributed by atoms with Crippen LogP contribution < -0.4 is 15.5 Å². The van der Waals surface area contributed by atoms with Gasteiger partial charge in [-0.1, -0.05) is 38.1 Å². The van der Waals surface area contributed by atoms with E-state index in [4.69, 9.17) is 0 Å². The standard InChI is InChI=1S/C22H27N7O/c1-14(2)11-29-12-18(10-24-29)17-7-5-16(6-8-17)9-23-22-25-15(3)20-21(27-22)28(4)13-19(30)26-20/h5-8,10,12,14H,9,11,13H2,1-4H3,(H,26,30)(H,23,25,27). The van der Waals surface area contributed by atoms with Gasteiger partial charge < -0.3 is 15.5 Å². The van der Waals surface area contributed by atoms with Crippen molar-refractivity contribution in [1.82, 2.24) is 19.7 Å². The summed E-state index contributed by atoms with van der Waals surface area (Å²) >= 11 is 0. The molecule has 0 saturated carbocycles. The van der Waals surface area contributed by atoms with Crippen LogP contribution in [0.1, 0.15) is 25.1 Å². The van der Waals surface area contributed by atoms with Crippen molar-refractivity contribution in [3.05, 3.63) is 47.9 Å². The van der Waals surface area contributed by atoms with Gasteiger partial charge in [0.05, 0.1) is 18.4 Å². The lowest BCUT2D eigenvalue weighted by atomic mass is 10.1. The zero-order valence-corrected chi connectivity index (χ0v) is 17.8. The number of anilines is 3. The molecule has 0 aliphatic carbocycles. The minimum atomic E-state index is -0.0488. The molecule has 0 fully saturated rings. The summed E-state index contributed by atoms with van der Waals surface area (Å²) in [5, 5.41) is 10.6. The molecule has 0 radical (unpaired) electrons. The first-order valence-electron chi connectivity index (χ1n) is 10.1. The Morgan fingerprint density at radius 3 is 2.67 bits per heavy atom. The van der Waals surface area contributed by atoms with Gasteiger partial charge in [0.15, 0.2) is 5.82 Å². The first-order valence-corrected chi connectivity index (χ1v) is 10.1. The molecule has 4 rings (SSSR count). The van der Waals surface area contributed by atoms with Crippen LogP contribution in [0.3, 0.4) is 0 Å². The second-order valence-electron chi connectivity index (χ2n) is 8.13. The molecule has 3 aromatic rings. The van der Waals surface area contributed by atoms with E-state index >= 15 is 0 Å². The molecule has 8 heteroatoms. The molecular formula is C22H27N7O. The van der Waals surface area contributed by atoms with Crippen molar-refractivity contribution in [2.45, 2.75) is 33.9 Å². The highest BCUT2D eigenvalue weighted by atomic mass is 16.2. The predicted octanol–water partition coefficient (Wildman–Crippen LogP) is 3.30. The molecule has 156 valence electrons. The second kappa shape index (κ2) is 8.14. The van der Waals surface area contributed by atoms with E-state index in [-0.39, 0.29) is 12.5 Å². The van der Waals surface area contributed by atoms with Crippen molar-refractivity contribution < 1.29 is 4.79 Å². The Morgan fingerprint density at radius 1 is 1.17 bits per heavy atom. The van der Waals surface area contributed by atoms with Crippen LogP contribution in [-0.2, 0) is 17.9 Å². The minimum absolute atomic E-state index is 0.0488. The Bertz CT molecular complexity index is 1060. The minimum Gasteiger partial charge on any atom is -0.350 e. The van der Waals surface area contributed by atoms with Gasteiger partial charge in [0.2, 0.25) is 11.9 Å². The fourth-order valence-corrected chi connectivity index (χ4v) is 3.51. The summed E-state index contributed by atoms with van der Waals surface area (Å²) < 4.78 is 1.99. The van der Waals surface area contributed by atoms with Gasteiger partial charge in [-0.15, -0.1) is 0 Å². The monoisotopic (exact) mass is 405 g/mol. The smallest absolute Gasteiger partial charge is 0.244 e. The predicted molar refractivity (Wildman–Crippen MR) is 118 cm³/mol. The maximum Gasteiger partial charge on any atom is 0.244 e. The number of carbonyl (C=O) groups excluding carboxylic acids is 1. The van der Waals surface area contributed by atoms with E-state index in [9.17, 15) is 4.79 Å². The van der Waals surface area contributed by atoms with E-state index < -0.39 is 0 Å². The molecule has 0 unspecified atom stereocenters. The Morgan fingerprint density at radius 2 is 1.93 bits per heavy atom. The first kappa shape index (κ1) is 19.9. The van der Waals surface area contributed by atoms with Crippen molar-refractivity contribution in [2.75, 3.05) is 29.1 Å². The molecule has 1 amide bonds. The van der Waals surface area contributed by atoms with Gasteiger partial charge in [0.25, 0.3) is 0 Å². The van der Waals surface area contributed by atoms with Crippen molar-refractivity contribution in [3.8, 4) is 11.1 Å². The van der Waals surface area contributed by atoms with Gasteiger partial charge in [-0.05, 0) is 24.0 Å². The lowest BCUT2D eigenvalue weighted by Gasteiger charge is -2.27. The molecule has 0 spiro atoms. The second-order valence-corrected chi connectivity index (χ2v) is 8.13. The third-order valence-electron chi connectivity index (χ3n) is 5.00. The molecule has 1 aliphatic heterocycles. The Labute approximate surface area is 176 Å². The number of nitrogens with zero attached hydrogens (tertiary/aromatic N) is 5. The molecule has 3 heterocycles. The summed E-state index contributed by atoms with van der Waals surface area (Å²) in [7, 11) is 1.86. The van der Waals surface area contributed by atoms with Crippen LogP contribution in [0.25, 0.3) is 11.1 Å². The molecule has 0 atom stereocenters. The van der Waals surface area contributed by atoms with Gasteiger partial charge in [0.1, 0.15) is 5.69 Å². The maximum atomic E-state index is 11.7. The number of benzene rings is 1. The topological polar surface area (TPSA) is 88.0 Å². The molecule has 1 aromatic carbocycles. The van der Waals surface area contributed by atoms with Crippen LogP contribution >= 0.6 is 0 Å². The van der Waals surface area contributed by atoms with E-state index in [1.165, 1.54) is 0 Å². The van der Waals surface area contributed by atoms with Crippen LogP contribution in [0.5, 0.6) is 0 Å². The normalized spacial score (nSPS) is 13.4. The first-order chi connectivity index (χ1) is 14.4. The van der Waals surface area contributed by atoms with E-state index in [2.05, 4.69) is 70.0 Å². The van der Waals surface area contributed by atoms with E-state index in [1.54, 1.807) is 0 Å². The van der Waals surface area contributed by atoms with Gasteiger partial charge in [-0.25, -0.2) is 4.98 Å². The van der Waals surface area contributed by atoms with Crippen molar-refractivity contribution >= 4 is 23.4 Å². The van der Waals surface area contributed by atoms with Crippen molar-refractivity contribution in [2.24, 2.45) is 5.92 Å². The van der Waals surface area contributed by atoms with Gasteiger partial charge in [0, 0.05) is 31.9 Å². The van der Waals surface area contributed by atoms with Crippen LogP contribution in [0.2, 0.25) is 0 Å². The van der Waals surface area contributed by atoms with Crippen molar-refractivity contribution in [3.63, 3.8) is 0 Å². The Kier molecular flexibility index (Phi) is 5.39. The lowest BCUT2D eigenvalue weighted by molar-refractivity contribution is -0.115. The highest BCUT2D eigenvalue weighted by molar-refractivity contribution is 6.00. The summed E-state index contributed by atoms with van der Waals surface area (Å²) in [6.07, 6.45) is 4.00. The van der Waals surface area contributed by atoms with E-state index in [1.807, 2.05) is 29.7 Å². The van der Waals surface area contributed by atoms with Crippen LogP contribution in [0, 0.1) is 12.8 Å². The molecule has 0 saturated heterocycles. The quantitative estimate of drug-likeness (QED) is 0.654. The summed E-state index contributed by atoms with van der Waals surface area (Å²) in [4.78, 5) is 22.6. The molecule has 8 nitrogen and oxygen atoms in total. The molecule has 2 N–H and O–H groups in total. The number of aryl methyl sites for hydroxylation is 1. The zero-order chi connectivity index (χ0) is 21.3. The number of amides is 1. The van der Waals surface area contributed by atoms with E-state index in [0.29, 0.717) is 24.1 Å². The van der Waals surface area contributed by atoms with Gasteiger partial charge >= 0.3 is 0 Å².